The van der Waals surface area contributed by atoms with Crippen LogP contribution in [0.3, 0.4) is 0 Å². The Kier molecular flexibility index (Phi) is 4.88. The number of hydrogen-bond donors (Lipinski definition) is 1. The maximum Gasteiger partial charge on any atom is 0.264 e. The first-order valence-corrected chi connectivity index (χ1v) is 10.7. The van der Waals surface area contributed by atoms with E-state index in [0.717, 1.165) is 37.2 Å². The number of nitrogens with one attached hydrogen (secondary N) is 1. The van der Waals surface area contributed by atoms with Gasteiger partial charge in [0.25, 0.3) is 15.9 Å². The number of hydrogen-bond acceptors (Lipinski definition) is 4. The first kappa shape index (κ1) is 18.0. The minimum atomic E-state index is -3.71. The fraction of sp³-hybridized carbons (Fsp3) is 0.350. The second kappa shape index (κ2) is 7.32. The third kappa shape index (κ3) is 3.44. The Morgan fingerprint density at radius 3 is 2.56 bits per heavy atom. The van der Waals surface area contributed by atoms with Gasteiger partial charge in [-0.2, -0.15) is 0 Å². The number of aryl methyl sites for hydroxylation is 1. The summed E-state index contributed by atoms with van der Waals surface area (Å²) < 4.78 is 28.1. The van der Waals surface area contributed by atoms with Gasteiger partial charge in [0.15, 0.2) is 0 Å². The Hall–Kier alpha value is -2.38. The molecule has 2 aromatic carbocycles. The Balaban J connectivity index is 1.66. The van der Waals surface area contributed by atoms with Crippen LogP contribution in [-0.4, -0.2) is 51.9 Å². The van der Waals surface area contributed by atoms with Gasteiger partial charge in [-0.1, -0.05) is 24.3 Å². The topological polar surface area (TPSA) is 69.7 Å². The van der Waals surface area contributed by atoms with Crippen LogP contribution in [0.25, 0.3) is 0 Å². The van der Waals surface area contributed by atoms with Crippen molar-refractivity contribution in [3.63, 3.8) is 0 Å². The molecule has 1 fully saturated rings. The van der Waals surface area contributed by atoms with Crippen LogP contribution >= 0.6 is 0 Å². The molecule has 1 N–H and O–H groups in total. The van der Waals surface area contributed by atoms with Gasteiger partial charge in [0, 0.05) is 38.3 Å². The zero-order valence-electron chi connectivity index (χ0n) is 15.1. The molecule has 0 unspecified atom stereocenters. The van der Waals surface area contributed by atoms with Crippen LogP contribution in [0.4, 0.5) is 5.69 Å². The number of carbonyl (C=O) groups is 1. The number of anilines is 1. The van der Waals surface area contributed by atoms with Crippen LogP contribution in [0, 0.1) is 0 Å². The number of sulfonamides is 1. The third-order valence-electron chi connectivity index (χ3n) is 5.14. The largest absolute Gasteiger partial charge is 0.336 e. The summed E-state index contributed by atoms with van der Waals surface area (Å²) in [6.07, 6.45) is 1.67. The molecule has 2 aliphatic rings. The SMILES string of the molecule is O=C(c1cccc(S(=O)(=O)N2CCCc3ccccc32)c1)N1CCNCC1. The molecular weight excluding hydrogens is 362 g/mol. The summed E-state index contributed by atoms with van der Waals surface area (Å²) in [5.41, 5.74) is 2.20. The fourth-order valence-electron chi connectivity index (χ4n) is 3.72. The lowest BCUT2D eigenvalue weighted by Gasteiger charge is -2.31. The van der Waals surface area contributed by atoms with E-state index in [2.05, 4.69) is 5.32 Å². The molecule has 7 heteroatoms. The summed E-state index contributed by atoms with van der Waals surface area (Å²) >= 11 is 0. The number of piperazine rings is 1. The molecule has 1 saturated heterocycles. The van der Waals surface area contributed by atoms with Gasteiger partial charge in [-0.05, 0) is 42.7 Å². The molecule has 4 rings (SSSR count). The lowest BCUT2D eigenvalue weighted by molar-refractivity contribution is 0.0735. The summed E-state index contributed by atoms with van der Waals surface area (Å²) in [5, 5.41) is 3.21. The van der Waals surface area contributed by atoms with Gasteiger partial charge in [-0.25, -0.2) is 8.42 Å². The number of fused-ring (bicyclic) bond motifs is 1. The van der Waals surface area contributed by atoms with Crippen LogP contribution in [0.2, 0.25) is 0 Å². The van der Waals surface area contributed by atoms with E-state index < -0.39 is 10.0 Å². The van der Waals surface area contributed by atoms with E-state index in [1.807, 2.05) is 24.3 Å². The lowest BCUT2D eigenvalue weighted by atomic mass is 10.0. The Morgan fingerprint density at radius 1 is 0.963 bits per heavy atom. The molecule has 0 aliphatic carbocycles. The van der Waals surface area contributed by atoms with Crippen LogP contribution in [0.5, 0.6) is 0 Å². The third-order valence-corrected chi connectivity index (χ3v) is 6.95. The standard InChI is InChI=1S/C20H23N3O3S/c24-20(22-13-10-21-11-14-22)17-6-3-8-18(15-17)27(25,26)23-12-4-7-16-5-1-2-9-19(16)23/h1-3,5-6,8-9,15,21H,4,7,10-14H2. The highest BCUT2D eigenvalue weighted by molar-refractivity contribution is 7.92. The van der Waals surface area contributed by atoms with Crippen molar-refractivity contribution in [2.45, 2.75) is 17.7 Å². The maximum absolute atomic E-state index is 13.3. The molecule has 0 spiro atoms. The zero-order valence-corrected chi connectivity index (χ0v) is 15.9. The minimum Gasteiger partial charge on any atom is -0.336 e. The van der Waals surface area contributed by atoms with E-state index in [0.29, 0.717) is 25.2 Å². The van der Waals surface area contributed by atoms with Crippen molar-refractivity contribution in [3.05, 3.63) is 59.7 Å². The number of rotatable bonds is 3. The maximum atomic E-state index is 13.3. The van der Waals surface area contributed by atoms with E-state index in [1.54, 1.807) is 23.1 Å². The smallest absolute Gasteiger partial charge is 0.264 e. The normalized spacial score (nSPS) is 17.5. The van der Waals surface area contributed by atoms with E-state index in [1.165, 1.54) is 10.4 Å². The van der Waals surface area contributed by atoms with Crippen molar-refractivity contribution in [1.82, 2.24) is 10.2 Å². The second-order valence-corrected chi connectivity index (χ2v) is 8.74. The molecule has 2 aliphatic heterocycles. The predicted octanol–water partition coefficient (Wildman–Crippen LogP) is 1.87. The number of benzene rings is 2. The molecule has 0 bridgehead atoms. The predicted molar refractivity (Wildman–Crippen MR) is 105 cm³/mol. The van der Waals surface area contributed by atoms with Gasteiger partial charge in [0.05, 0.1) is 10.6 Å². The first-order valence-electron chi connectivity index (χ1n) is 9.28. The van der Waals surface area contributed by atoms with Crippen molar-refractivity contribution < 1.29 is 13.2 Å². The molecule has 142 valence electrons. The summed E-state index contributed by atoms with van der Waals surface area (Å²) in [6, 6.07) is 14.0. The number of carbonyl (C=O) groups excluding carboxylic acids is 1. The number of amides is 1. The van der Waals surface area contributed by atoms with Crippen LogP contribution in [0.1, 0.15) is 22.3 Å². The van der Waals surface area contributed by atoms with Gasteiger partial charge in [-0.15, -0.1) is 0 Å². The lowest BCUT2D eigenvalue weighted by Crippen LogP contribution is -2.46. The Morgan fingerprint density at radius 2 is 1.74 bits per heavy atom. The highest BCUT2D eigenvalue weighted by Gasteiger charge is 2.29. The molecule has 0 radical (unpaired) electrons. The van der Waals surface area contributed by atoms with Crippen molar-refractivity contribution >= 4 is 21.6 Å². The van der Waals surface area contributed by atoms with Gasteiger partial charge in [0.2, 0.25) is 0 Å². The van der Waals surface area contributed by atoms with E-state index in [9.17, 15) is 13.2 Å². The summed E-state index contributed by atoms with van der Waals surface area (Å²) in [4.78, 5) is 14.7. The minimum absolute atomic E-state index is 0.118. The van der Waals surface area contributed by atoms with Crippen molar-refractivity contribution in [3.8, 4) is 0 Å². The van der Waals surface area contributed by atoms with E-state index in [4.69, 9.17) is 0 Å². The second-order valence-electron chi connectivity index (χ2n) is 6.88. The average Bonchev–Trinajstić information content (AvgIpc) is 2.73. The van der Waals surface area contributed by atoms with E-state index in [-0.39, 0.29) is 10.8 Å². The van der Waals surface area contributed by atoms with Crippen LogP contribution in [0.15, 0.2) is 53.4 Å². The van der Waals surface area contributed by atoms with Gasteiger partial charge in [0.1, 0.15) is 0 Å². The molecule has 0 atom stereocenters. The highest BCUT2D eigenvalue weighted by Crippen LogP contribution is 2.32. The average molecular weight is 385 g/mol. The number of nitrogens with zero attached hydrogens (tertiary/aromatic N) is 2. The Labute approximate surface area is 159 Å². The van der Waals surface area contributed by atoms with Gasteiger partial charge >= 0.3 is 0 Å². The van der Waals surface area contributed by atoms with Crippen molar-refractivity contribution in [2.75, 3.05) is 37.0 Å². The van der Waals surface area contributed by atoms with Crippen LogP contribution < -0.4 is 9.62 Å². The van der Waals surface area contributed by atoms with Crippen molar-refractivity contribution in [1.29, 1.82) is 0 Å². The van der Waals surface area contributed by atoms with Gasteiger partial charge in [-0.3, -0.25) is 9.10 Å². The molecule has 0 saturated carbocycles. The molecule has 2 heterocycles. The molecule has 27 heavy (non-hydrogen) atoms. The highest BCUT2D eigenvalue weighted by atomic mass is 32.2. The monoisotopic (exact) mass is 385 g/mol. The fourth-order valence-corrected chi connectivity index (χ4v) is 5.30. The zero-order chi connectivity index (χ0) is 18.9. The summed E-state index contributed by atoms with van der Waals surface area (Å²) in [5.74, 6) is -0.118. The molecule has 2 aromatic rings. The first-order chi connectivity index (χ1) is 13.1. The number of para-hydroxylation sites is 1. The van der Waals surface area contributed by atoms with Crippen molar-refractivity contribution in [2.24, 2.45) is 0 Å². The molecule has 0 aromatic heterocycles. The van der Waals surface area contributed by atoms with Crippen LogP contribution in [-0.2, 0) is 16.4 Å². The summed E-state index contributed by atoms with van der Waals surface area (Å²) in [6.45, 7) is 3.24. The summed E-state index contributed by atoms with van der Waals surface area (Å²) in [7, 11) is -3.71. The Bertz CT molecular complexity index is 952. The molecule has 6 nitrogen and oxygen atoms in total. The van der Waals surface area contributed by atoms with E-state index >= 15 is 0 Å². The van der Waals surface area contributed by atoms with Gasteiger partial charge < -0.3 is 10.2 Å². The molecular formula is C20H23N3O3S. The molecule has 1 amide bonds. The quantitative estimate of drug-likeness (QED) is 0.876.